The van der Waals surface area contributed by atoms with Crippen molar-refractivity contribution < 1.29 is 17.9 Å². The van der Waals surface area contributed by atoms with Gasteiger partial charge in [0.2, 0.25) is 0 Å². The van der Waals surface area contributed by atoms with E-state index in [2.05, 4.69) is 54.1 Å². The van der Waals surface area contributed by atoms with Gasteiger partial charge in [-0.05, 0) is 78.0 Å². The van der Waals surface area contributed by atoms with E-state index in [0.29, 0.717) is 0 Å². The van der Waals surface area contributed by atoms with Gasteiger partial charge in [-0.15, -0.1) is 13.2 Å². The molecule has 3 aromatic carbocycles. The highest BCUT2D eigenvalue weighted by Gasteiger charge is 2.31. The van der Waals surface area contributed by atoms with Gasteiger partial charge >= 0.3 is 6.36 Å². The van der Waals surface area contributed by atoms with E-state index in [0.717, 1.165) is 23.5 Å². The lowest BCUT2D eigenvalue weighted by Gasteiger charge is -2.26. The van der Waals surface area contributed by atoms with Crippen molar-refractivity contribution >= 4 is 17.6 Å². The largest absolute Gasteiger partial charge is 0.573 e. The predicted molar refractivity (Wildman–Crippen MR) is 181 cm³/mol. The van der Waals surface area contributed by atoms with Crippen LogP contribution in [0.4, 0.5) is 13.2 Å². The van der Waals surface area contributed by atoms with Gasteiger partial charge in [-0.2, -0.15) is 11.8 Å². The molecule has 7 heteroatoms. The first kappa shape index (κ1) is 35.5. The molecule has 0 radical (unpaired) electrons. The molecule has 3 N–H and O–H groups in total. The van der Waals surface area contributed by atoms with Gasteiger partial charge in [0, 0.05) is 11.2 Å². The Morgan fingerprint density at radius 1 is 0.795 bits per heavy atom. The molecule has 0 fully saturated rings. The van der Waals surface area contributed by atoms with Gasteiger partial charge in [0.1, 0.15) is 11.6 Å². The summed E-state index contributed by atoms with van der Waals surface area (Å²) in [6.45, 7) is 6.29. The van der Waals surface area contributed by atoms with E-state index in [1.165, 1.54) is 104 Å². The van der Waals surface area contributed by atoms with Crippen LogP contribution in [0.25, 0.3) is 11.1 Å². The number of alkyl halides is 3. The highest BCUT2D eigenvalue weighted by molar-refractivity contribution is 7.98. The third kappa shape index (κ3) is 11.2. The van der Waals surface area contributed by atoms with Crippen LogP contribution in [-0.4, -0.2) is 18.0 Å². The Morgan fingerprint density at radius 2 is 1.39 bits per heavy atom. The highest BCUT2D eigenvalue weighted by atomic mass is 32.2. The molecule has 0 unspecified atom stereocenters. The Bertz CT molecular complexity index is 1300. The third-order valence-electron chi connectivity index (χ3n) is 8.27. The Hall–Kier alpha value is -2.93. The van der Waals surface area contributed by atoms with E-state index >= 15 is 0 Å². The molecule has 0 saturated carbocycles. The molecule has 4 rings (SSSR count). The van der Waals surface area contributed by atoms with E-state index in [9.17, 15) is 13.2 Å². The second kappa shape index (κ2) is 17.5. The fourth-order valence-electron chi connectivity index (χ4n) is 5.56. The van der Waals surface area contributed by atoms with E-state index < -0.39 is 11.8 Å². The quantitative estimate of drug-likeness (QED) is 0.0739. The van der Waals surface area contributed by atoms with Crippen LogP contribution in [-0.2, 0) is 17.6 Å². The van der Waals surface area contributed by atoms with Crippen molar-refractivity contribution in [1.82, 2.24) is 0 Å². The second-order valence-corrected chi connectivity index (χ2v) is 13.2. The number of nitrogens with two attached hydrogens (primary N) is 1. The van der Waals surface area contributed by atoms with Crippen LogP contribution in [0.15, 0.2) is 66.7 Å². The van der Waals surface area contributed by atoms with Crippen molar-refractivity contribution in [2.24, 2.45) is 5.73 Å². The zero-order chi connectivity index (χ0) is 32.0. The number of fused-ring (bicyclic) bond motifs is 3. The van der Waals surface area contributed by atoms with Gasteiger partial charge in [-0.3, -0.25) is 5.41 Å². The fourth-order valence-corrected chi connectivity index (χ4v) is 6.54. The SMILES string of the molecule is CC(C)(C(=N)N)c1cccc2c1Cc1ccccc1-2.CCCCCCCCCCCCSCc1ccc(OC(F)(F)F)cc1. The molecule has 44 heavy (non-hydrogen) atoms. The topological polar surface area (TPSA) is 59.1 Å². The lowest BCUT2D eigenvalue weighted by atomic mass is 9.79. The highest BCUT2D eigenvalue weighted by Crippen LogP contribution is 2.41. The van der Waals surface area contributed by atoms with Crippen LogP contribution >= 0.6 is 11.8 Å². The van der Waals surface area contributed by atoms with Crippen molar-refractivity contribution in [3.05, 3.63) is 89.0 Å². The van der Waals surface area contributed by atoms with Crippen LogP contribution in [0.1, 0.15) is 107 Å². The van der Waals surface area contributed by atoms with Crippen LogP contribution in [0.5, 0.6) is 5.75 Å². The number of thioether (sulfide) groups is 1. The van der Waals surface area contributed by atoms with Crippen LogP contribution in [0.2, 0.25) is 0 Å². The molecule has 0 heterocycles. The Kier molecular flexibility index (Phi) is 14.2. The number of amidine groups is 1. The summed E-state index contributed by atoms with van der Waals surface area (Å²) in [5.74, 6) is 2.01. The number of rotatable bonds is 16. The predicted octanol–water partition coefficient (Wildman–Crippen LogP) is 11.2. The van der Waals surface area contributed by atoms with Crippen molar-refractivity contribution in [2.45, 2.75) is 109 Å². The molecule has 0 aromatic heterocycles. The summed E-state index contributed by atoms with van der Waals surface area (Å²) in [6.07, 6.45) is 9.67. The van der Waals surface area contributed by atoms with Gasteiger partial charge in [0.25, 0.3) is 0 Å². The first-order valence-corrected chi connectivity index (χ1v) is 17.2. The molecular weight excluding hydrogens is 577 g/mol. The molecule has 0 aliphatic heterocycles. The maximum Gasteiger partial charge on any atom is 0.573 e. The maximum absolute atomic E-state index is 12.1. The minimum atomic E-state index is -4.62. The number of ether oxygens (including phenoxy) is 1. The third-order valence-corrected chi connectivity index (χ3v) is 9.38. The average molecular weight is 627 g/mol. The zero-order valence-electron chi connectivity index (χ0n) is 26.6. The average Bonchev–Trinajstić information content (AvgIpc) is 3.37. The minimum absolute atomic E-state index is 0.157. The van der Waals surface area contributed by atoms with E-state index in [4.69, 9.17) is 11.1 Å². The fraction of sp³-hybridized carbons (Fsp3) is 0.486. The summed E-state index contributed by atoms with van der Waals surface area (Å²) >= 11 is 1.84. The summed E-state index contributed by atoms with van der Waals surface area (Å²) in [4.78, 5) is 0. The summed E-state index contributed by atoms with van der Waals surface area (Å²) in [7, 11) is 0. The lowest BCUT2D eigenvalue weighted by Crippen LogP contribution is -2.35. The summed E-state index contributed by atoms with van der Waals surface area (Å²) in [5, 5.41) is 7.84. The molecule has 1 aliphatic carbocycles. The molecule has 240 valence electrons. The minimum Gasteiger partial charge on any atom is -0.406 e. The Balaban J connectivity index is 0.000000248. The number of halogens is 3. The monoisotopic (exact) mass is 626 g/mol. The number of hydrogen-bond donors (Lipinski definition) is 2. The van der Waals surface area contributed by atoms with Gasteiger partial charge in [0.15, 0.2) is 0 Å². The van der Waals surface area contributed by atoms with Crippen molar-refractivity contribution in [2.75, 3.05) is 5.75 Å². The van der Waals surface area contributed by atoms with Gasteiger partial charge in [0.05, 0.1) is 0 Å². The molecule has 0 saturated heterocycles. The second-order valence-electron chi connectivity index (χ2n) is 12.1. The number of unbranched alkanes of at least 4 members (excludes halogenated alkanes) is 9. The van der Waals surface area contributed by atoms with Gasteiger partial charge in [-0.1, -0.05) is 119 Å². The Labute approximate surface area is 266 Å². The Morgan fingerprint density at radius 3 is 2.00 bits per heavy atom. The summed E-state index contributed by atoms with van der Waals surface area (Å²) in [6, 6.07) is 21.0. The van der Waals surface area contributed by atoms with Crippen molar-refractivity contribution in [3.8, 4) is 16.9 Å². The van der Waals surface area contributed by atoms with Crippen molar-refractivity contribution in [1.29, 1.82) is 5.41 Å². The first-order chi connectivity index (χ1) is 21.0. The molecule has 0 bridgehead atoms. The standard InChI is InChI=1S/C20H31F3OS.C17H18N2/c1-2-3-4-5-6-7-8-9-10-11-16-25-17-18-12-14-19(15-13-18)24-20(21,22)23;1-17(2,16(18)19)15-9-5-8-13-12-7-4-3-6-11(12)10-14(13)15/h12-15H,2-11,16-17H2,1H3;3-9H,10H2,1-2H3,(H3,18,19). The van der Waals surface area contributed by atoms with Crippen molar-refractivity contribution in [3.63, 3.8) is 0 Å². The summed E-state index contributed by atoms with van der Waals surface area (Å²) in [5.41, 5.74) is 12.9. The molecule has 3 aromatic rings. The maximum atomic E-state index is 12.1. The van der Waals surface area contributed by atoms with Crippen LogP contribution < -0.4 is 10.5 Å². The molecular formula is C37H49F3N2OS. The van der Waals surface area contributed by atoms with Crippen LogP contribution in [0, 0.1) is 5.41 Å². The summed E-state index contributed by atoms with van der Waals surface area (Å²) < 4.78 is 40.1. The van der Waals surface area contributed by atoms with Gasteiger partial charge in [-0.25, -0.2) is 0 Å². The normalized spacial score (nSPS) is 12.2. The van der Waals surface area contributed by atoms with Gasteiger partial charge < -0.3 is 10.5 Å². The smallest absolute Gasteiger partial charge is 0.406 e. The van der Waals surface area contributed by atoms with Crippen LogP contribution in [0.3, 0.4) is 0 Å². The molecule has 0 atom stereocenters. The molecule has 0 spiro atoms. The van der Waals surface area contributed by atoms with E-state index in [-0.39, 0.29) is 11.6 Å². The number of benzene rings is 3. The number of nitrogens with one attached hydrogen (secondary N) is 1. The lowest BCUT2D eigenvalue weighted by molar-refractivity contribution is -0.274. The number of hydrogen-bond acceptors (Lipinski definition) is 3. The molecule has 0 amide bonds. The zero-order valence-corrected chi connectivity index (χ0v) is 27.4. The molecule has 3 nitrogen and oxygen atoms in total. The van der Waals surface area contributed by atoms with E-state index in [1.54, 1.807) is 12.1 Å². The first-order valence-electron chi connectivity index (χ1n) is 16.0. The van der Waals surface area contributed by atoms with E-state index in [1.807, 2.05) is 25.6 Å². The molecule has 1 aliphatic rings.